The number of aliphatic imine (C=N–C) groups is 1. The fraction of sp³-hybridized carbons (Fsp3) is 0.875. The number of hydrogen-bond acceptors (Lipinski definition) is 2. The van der Waals surface area contributed by atoms with E-state index in [1.807, 2.05) is 0 Å². The first-order valence-corrected chi connectivity index (χ1v) is 4.29. The summed E-state index contributed by atoms with van der Waals surface area (Å²) in [6, 6.07) is 0.622. The van der Waals surface area contributed by atoms with Gasteiger partial charge in [0.15, 0.2) is 0 Å². The lowest BCUT2D eigenvalue weighted by Crippen LogP contribution is -2.24. The summed E-state index contributed by atoms with van der Waals surface area (Å²) >= 11 is 0. The summed E-state index contributed by atoms with van der Waals surface area (Å²) < 4.78 is 2.13. The second-order valence-electron chi connectivity index (χ2n) is 3.55. The summed E-state index contributed by atoms with van der Waals surface area (Å²) in [5, 5.41) is 4.33. The maximum atomic E-state index is 4.33. The van der Waals surface area contributed by atoms with Crippen LogP contribution in [0.25, 0.3) is 0 Å². The van der Waals surface area contributed by atoms with E-state index in [2.05, 4.69) is 28.7 Å². The normalized spacial score (nSPS) is 28.8. The van der Waals surface area contributed by atoms with Crippen LogP contribution in [0.3, 0.4) is 0 Å². The van der Waals surface area contributed by atoms with Crippen molar-refractivity contribution in [2.45, 2.75) is 32.7 Å². The molecule has 2 rings (SSSR count). The lowest BCUT2D eigenvalue weighted by Gasteiger charge is -2.09. The Morgan fingerprint density at radius 3 is 3.09 bits per heavy atom. The number of hydrogen-bond donors (Lipinski definition) is 0. The highest BCUT2D eigenvalue weighted by molar-refractivity contribution is 5.75. The highest BCUT2D eigenvalue weighted by Gasteiger charge is 2.38. The smallest absolute Gasteiger partial charge is 0.132 e. The van der Waals surface area contributed by atoms with Crippen LogP contribution in [0, 0.1) is 5.92 Å². The molecule has 0 radical (unpaired) electrons. The van der Waals surface area contributed by atoms with Gasteiger partial charge in [-0.1, -0.05) is 24.0 Å². The zero-order chi connectivity index (χ0) is 7.84. The van der Waals surface area contributed by atoms with Gasteiger partial charge in [-0.3, -0.25) is 0 Å². The van der Waals surface area contributed by atoms with Gasteiger partial charge in [-0.2, -0.15) is 0 Å². The summed E-state index contributed by atoms with van der Waals surface area (Å²) in [5.41, 5.74) is 0. The second-order valence-corrected chi connectivity index (χ2v) is 3.55. The van der Waals surface area contributed by atoms with E-state index in [0.717, 1.165) is 6.42 Å². The Morgan fingerprint density at radius 2 is 2.36 bits per heavy atom. The third-order valence-electron chi connectivity index (χ3n) is 2.48. The van der Waals surface area contributed by atoms with Crippen molar-refractivity contribution in [3.63, 3.8) is 0 Å². The van der Waals surface area contributed by atoms with E-state index in [1.54, 1.807) is 0 Å². The predicted octanol–water partition coefficient (Wildman–Crippen LogP) is 1.64. The van der Waals surface area contributed by atoms with E-state index < -0.39 is 0 Å². The molecular formula is C8H14N3+. The Morgan fingerprint density at radius 1 is 1.55 bits per heavy atom. The Kier molecular flexibility index (Phi) is 1.51. The number of amidine groups is 1. The Bertz CT molecular complexity index is 227. The number of azo groups is 2. The molecule has 0 aromatic rings. The predicted molar refractivity (Wildman–Crippen MR) is 42.9 cm³/mol. The fourth-order valence-electron chi connectivity index (χ4n) is 1.84. The molecule has 11 heavy (non-hydrogen) atoms. The molecule has 3 nitrogen and oxygen atoms in total. The van der Waals surface area contributed by atoms with Gasteiger partial charge in [0.2, 0.25) is 0 Å². The van der Waals surface area contributed by atoms with Crippen LogP contribution < -0.4 is 0 Å². The van der Waals surface area contributed by atoms with Gasteiger partial charge in [0, 0.05) is 6.42 Å². The first-order chi connectivity index (χ1) is 5.29. The molecule has 0 bridgehead atoms. The van der Waals surface area contributed by atoms with E-state index in [-0.39, 0.29) is 0 Å². The minimum absolute atomic E-state index is 0.622. The van der Waals surface area contributed by atoms with Crippen molar-refractivity contribution in [1.29, 1.82) is 0 Å². The minimum Gasteiger partial charge on any atom is -0.132 e. The van der Waals surface area contributed by atoms with E-state index in [1.165, 1.54) is 12.3 Å². The van der Waals surface area contributed by atoms with E-state index in [9.17, 15) is 0 Å². The molecule has 1 saturated heterocycles. The third-order valence-corrected chi connectivity index (χ3v) is 2.48. The Labute approximate surface area is 66.8 Å². The lowest BCUT2D eigenvalue weighted by atomic mass is 10.0. The van der Waals surface area contributed by atoms with Crippen molar-refractivity contribution in [1.82, 2.24) is 0 Å². The van der Waals surface area contributed by atoms with Gasteiger partial charge in [0.1, 0.15) is 6.04 Å². The van der Waals surface area contributed by atoms with Gasteiger partial charge >= 0.3 is 5.84 Å². The van der Waals surface area contributed by atoms with E-state index in [0.29, 0.717) is 18.6 Å². The van der Waals surface area contributed by atoms with Crippen LogP contribution in [-0.2, 0) is 0 Å². The van der Waals surface area contributed by atoms with Gasteiger partial charge in [-0.05, 0) is 5.92 Å². The highest BCUT2D eigenvalue weighted by Crippen LogP contribution is 2.24. The van der Waals surface area contributed by atoms with E-state index in [4.69, 9.17) is 0 Å². The molecule has 2 aliphatic rings. The molecule has 0 aromatic carbocycles. The maximum absolute atomic E-state index is 4.33. The van der Waals surface area contributed by atoms with E-state index >= 15 is 0 Å². The molecule has 0 aromatic heterocycles. The third kappa shape index (κ3) is 0.988. The zero-order valence-corrected chi connectivity index (χ0v) is 7.12. The van der Waals surface area contributed by atoms with Crippen molar-refractivity contribution in [3.05, 3.63) is 0 Å². The largest absolute Gasteiger partial charge is 0.315 e. The van der Waals surface area contributed by atoms with Crippen LogP contribution in [0.4, 0.5) is 0 Å². The molecule has 0 spiro atoms. The molecule has 1 fully saturated rings. The van der Waals surface area contributed by atoms with Crippen LogP contribution >= 0.6 is 0 Å². The Hall–Kier alpha value is -0.730. The topological polar surface area (TPSA) is 27.7 Å². The molecule has 3 heteroatoms. The quantitative estimate of drug-likeness (QED) is 0.511. The zero-order valence-electron chi connectivity index (χ0n) is 7.12. The molecule has 1 unspecified atom stereocenters. The van der Waals surface area contributed by atoms with Crippen molar-refractivity contribution in [2.24, 2.45) is 16.0 Å². The maximum Gasteiger partial charge on any atom is 0.315 e. The first kappa shape index (κ1) is 6.95. The minimum atomic E-state index is 0.622. The highest BCUT2D eigenvalue weighted by atomic mass is 15.4. The van der Waals surface area contributed by atoms with Crippen LogP contribution in [-0.4, -0.2) is 23.2 Å². The van der Waals surface area contributed by atoms with Gasteiger partial charge in [-0.15, -0.1) is 4.70 Å². The number of rotatable bonds is 1. The molecule has 2 aliphatic heterocycles. The average molecular weight is 152 g/mol. The fourth-order valence-corrected chi connectivity index (χ4v) is 1.84. The summed E-state index contributed by atoms with van der Waals surface area (Å²) in [6.45, 7) is 5.17. The van der Waals surface area contributed by atoms with Crippen molar-refractivity contribution < 1.29 is 4.70 Å². The lowest BCUT2D eigenvalue weighted by molar-refractivity contribution is -0.515. The van der Waals surface area contributed by atoms with Gasteiger partial charge in [0.25, 0.3) is 6.67 Å². The first-order valence-electron chi connectivity index (χ1n) is 4.29. The number of fused-ring (bicyclic) bond motifs is 1. The van der Waals surface area contributed by atoms with Crippen molar-refractivity contribution in [3.8, 4) is 0 Å². The van der Waals surface area contributed by atoms with Gasteiger partial charge in [0.05, 0.1) is 6.42 Å². The summed E-state index contributed by atoms with van der Waals surface area (Å²) in [5.74, 6) is 1.91. The molecule has 0 amide bonds. The van der Waals surface area contributed by atoms with Crippen LogP contribution in [0.15, 0.2) is 10.1 Å². The summed E-state index contributed by atoms with van der Waals surface area (Å²) in [4.78, 5) is 4.31. The molecule has 0 aliphatic carbocycles. The van der Waals surface area contributed by atoms with Gasteiger partial charge < -0.3 is 0 Å². The van der Waals surface area contributed by atoms with Crippen LogP contribution in [0.2, 0.25) is 0 Å². The monoisotopic (exact) mass is 152 g/mol. The molecule has 1 atom stereocenters. The standard InChI is InChI=1S/C8H14N3/c1-6(2)7-3-4-8-9-5-10-11(7)8/h6-7H,3-5H2,1-2H3/q+1. The second kappa shape index (κ2) is 2.40. The van der Waals surface area contributed by atoms with Crippen LogP contribution in [0.1, 0.15) is 26.7 Å². The molecule has 60 valence electrons. The van der Waals surface area contributed by atoms with Crippen molar-refractivity contribution >= 4 is 5.84 Å². The number of nitrogens with zero attached hydrogens (tertiary/aromatic N) is 3. The SMILES string of the molecule is CC(C)C1CCC2=NCN=[N+]21. The summed E-state index contributed by atoms with van der Waals surface area (Å²) in [7, 11) is 0. The molecule has 0 N–H and O–H groups in total. The summed E-state index contributed by atoms with van der Waals surface area (Å²) in [6.07, 6.45) is 2.37. The Balaban J connectivity index is 2.22. The molecular weight excluding hydrogens is 138 g/mol. The molecule has 0 saturated carbocycles. The van der Waals surface area contributed by atoms with Crippen LogP contribution in [0.5, 0.6) is 0 Å². The average Bonchev–Trinajstić information content (AvgIpc) is 2.41. The van der Waals surface area contributed by atoms with Crippen molar-refractivity contribution in [2.75, 3.05) is 6.67 Å². The van der Waals surface area contributed by atoms with Gasteiger partial charge in [-0.25, -0.2) is 0 Å². The molecule has 2 heterocycles.